The van der Waals surface area contributed by atoms with E-state index in [2.05, 4.69) is 35.6 Å². The van der Waals surface area contributed by atoms with Crippen molar-refractivity contribution in [1.29, 1.82) is 0 Å². The van der Waals surface area contributed by atoms with Gasteiger partial charge in [0.25, 0.3) is 5.91 Å². The van der Waals surface area contributed by atoms with Gasteiger partial charge < -0.3 is 25.4 Å². The molecule has 1 heterocycles. The molecular formula is C21H21F3N6O3. The largest absolute Gasteiger partial charge is 0.573 e. The number of aromatic nitrogens is 3. The van der Waals surface area contributed by atoms with E-state index in [0.717, 1.165) is 0 Å². The van der Waals surface area contributed by atoms with Crippen molar-refractivity contribution in [2.24, 2.45) is 0 Å². The minimum atomic E-state index is -4.73. The Balaban J connectivity index is 1.43. The Bertz CT molecular complexity index is 1060. The van der Waals surface area contributed by atoms with Gasteiger partial charge in [0.1, 0.15) is 17.8 Å². The molecule has 1 aromatic heterocycles. The first kappa shape index (κ1) is 23.6. The van der Waals surface area contributed by atoms with Crippen molar-refractivity contribution in [3.63, 3.8) is 0 Å². The highest BCUT2D eigenvalue weighted by Crippen LogP contribution is 2.24. The van der Waals surface area contributed by atoms with Crippen LogP contribution < -0.4 is 25.4 Å². The van der Waals surface area contributed by atoms with E-state index in [1.165, 1.54) is 30.6 Å². The van der Waals surface area contributed by atoms with Gasteiger partial charge >= 0.3 is 6.36 Å². The van der Waals surface area contributed by atoms with Gasteiger partial charge in [-0.25, -0.2) is 9.97 Å². The molecule has 3 N–H and O–H groups in total. The van der Waals surface area contributed by atoms with Gasteiger partial charge in [-0.15, -0.1) is 13.2 Å². The van der Waals surface area contributed by atoms with Crippen LogP contribution in [0.3, 0.4) is 0 Å². The molecule has 174 valence electrons. The van der Waals surface area contributed by atoms with E-state index >= 15 is 0 Å². The maximum atomic E-state index is 12.2. The number of hydrogen-bond donors (Lipinski definition) is 3. The average molecular weight is 462 g/mol. The lowest BCUT2D eigenvalue weighted by Crippen LogP contribution is -2.17. The van der Waals surface area contributed by atoms with Gasteiger partial charge in [0.15, 0.2) is 0 Å². The molecule has 2 aromatic carbocycles. The third kappa shape index (κ3) is 7.83. The van der Waals surface area contributed by atoms with Gasteiger partial charge in [0.2, 0.25) is 11.9 Å². The van der Waals surface area contributed by atoms with Gasteiger partial charge in [0, 0.05) is 24.8 Å². The standard InChI is InChI=1S/C21H21F3N6O3/c1-25-18(31)14-4-2-5-15(12-14)29-20-28-13-27-19(30-20)26-10-3-11-32-16-6-8-17(9-7-16)33-21(22,23)24/h2,4-9,12-13H,3,10-11H2,1H3,(H,25,31)(H2,26,27,28,29,30). The predicted octanol–water partition coefficient (Wildman–Crippen LogP) is 3.75. The summed E-state index contributed by atoms with van der Waals surface area (Å²) >= 11 is 0. The number of carbonyl (C=O) groups excluding carboxylic acids is 1. The monoisotopic (exact) mass is 462 g/mol. The Morgan fingerprint density at radius 1 is 1.03 bits per heavy atom. The van der Waals surface area contributed by atoms with Crippen LogP contribution in [0.25, 0.3) is 0 Å². The van der Waals surface area contributed by atoms with Gasteiger partial charge in [-0.1, -0.05) is 6.07 Å². The highest BCUT2D eigenvalue weighted by Gasteiger charge is 2.30. The average Bonchev–Trinajstić information content (AvgIpc) is 2.79. The first-order valence-corrected chi connectivity index (χ1v) is 9.83. The lowest BCUT2D eigenvalue weighted by molar-refractivity contribution is -0.274. The number of halogens is 3. The molecular weight excluding hydrogens is 441 g/mol. The van der Waals surface area contributed by atoms with Crippen molar-refractivity contribution in [2.45, 2.75) is 12.8 Å². The summed E-state index contributed by atoms with van der Waals surface area (Å²) in [6.45, 7) is 0.819. The minimum absolute atomic E-state index is 0.204. The lowest BCUT2D eigenvalue weighted by atomic mass is 10.2. The van der Waals surface area contributed by atoms with Gasteiger partial charge in [0.05, 0.1) is 6.61 Å². The van der Waals surface area contributed by atoms with Crippen molar-refractivity contribution in [3.8, 4) is 11.5 Å². The van der Waals surface area contributed by atoms with E-state index in [1.54, 1.807) is 31.3 Å². The van der Waals surface area contributed by atoms with Crippen molar-refractivity contribution >= 4 is 23.5 Å². The molecule has 3 rings (SSSR count). The van der Waals surface area contributed by atoms with Crippen LogP contribution in [0.1, 0.15) is 16.8 Å². The number of carbonyl (C=O) groups is 1. The molecule has 0 aliphatic carbocycles. The summed E-state index contributed by atoms with van der Waals surface area (Å²) in [5, 5.41) is 8.62. The number of nitrogens with one attached hydrogen (secondary N) is 3. The summed E-state index contributed by atoms with van der Waals surface area (Å²) in [6.07, 6.45) is -2.79. The first-order valence-electron chi connectivity index (χ1n) is 9.83. The molecule has 1 amide bonds. The quantitative estimate of drug-likeness (QED) is 0.391. The summed E-state index contributed by atoms with van der Waals surface area (Å²) in [7, 11) is 1.56. The summed E-state index contributed by atoms with van der Waals surface area (Å²) in [4.78, 5) is 24.1. The van der Waals surface area contributed by atoms with Crippen LogP contribution in [0.15, 0.2) is 54.9 Å². The van der Waals surface area contributed by atoms with Crippen LogP contribution in [-0.2, 0) is 0 Å². The second-order valence-corrected chi connectivity index (χ2v) is 6.57. The van der Waals surface area contributed by atoms with Crippen molar-refractivity contribution in [1.82, 2.24) is 20.3 Å². The molecule has 3 aromatic rings. The molecule has 0 atom stereocenters. The molecule has 0 unspecified atom stereocenters. The summed E-state index contributed by atoms with van der Waals surface area (Å²) in [5.41, 5.74) is 1.14. The second-order valence-electron chi connectivity index (χ2n) is 6.57. The first-order chi connectivity index (χ1) is 15.8. The van der Waals surface area contributed by atoms with E-state index in [-0.39, 0.29) is 11.7 Å². The Hall–Kier alpha value is -4.09. The highest BCUT2D eigenvalue weighted by atomic mass is 19.4. The van der Waals surface area contributed by atoms with Gasteiger partial charge in [-0.2, -0.15) is 4.98 Å². The van der Waals surface area contributed by atoms with Crippen LogP contribution in [-0.4, -0.2) is 47.4 Å². The predicted molar refractivity (Wildman–Crippen MR) is 115 cm³/mol. The number of benzene rings is 2. The molecule has 9 nitrogen and oxygen atoms in total. The molecule has 0 spiro atoms. The zero-order valence-corrected chi connectivity index (χ0v) is 17.5. The van der Waals surface area contributed by atoms with Crippen molar-refractivity contribution in [2.75, 3.05) is 30.8 Å². The third-order valence-electron chi connectivity index (χ3n) is 4.11. The molecule has 0 aliphatic rings. The van der Waals surface area contributed by atoms with Crippen LogP contribution in [0.5, 0.6) is 11.5 Å². The number of anilines is 3. The summed E-state index contributed by atoms with van der Waals surface area (Å²) in [6, 6.07) is 12.1. The van der Waals surface area contributed by atoms with Crippen LogP contribution >= 0.6 is 0 Å². The Morgan fingerprint density at radius 3 is 2.48 bits per heavy atom. The third-order valence-corrected chi connectivity index (χ3v) is 4.11. The molecule has 12 heteroatoms. The minimum Gasteiger partial charge on any atom is -0.494 e. The number of alkyl halides is 3. The number of amides is 1. The van der Waals surface area contributed by atoms with Gasteiger partial charge in [-0.05, 0) is 48.9 Å². The topological polar surface area (TPSA) is 110 Å². The van der Waals surface area contributed by atoms with Crippen LogP contribution in [0.4, 0.5) is 30.8 Å². The van der Waals surface area contributed by atoms with E-state index in [9.17, 15) is 18.0 Å². The highest BCUT2D eigenvalue weighted by molar-refractivity contribution is 5.95. The zero-order valence-electron chi connectivity index (χ0n) is 17.5. The molecule has 0 fully saturated rings. The van der Waals surface area contributed by atoms with E-state index < -0.39 is 6.36 Å². The van der Waals surface area contributed by atoms with E-state index in [1.807, 2.05) is 0 Å². The van der Waals surface area contributed by atoms with Crippen LogP contribution in [0, 0.1) is 0 Å². The number of nitrogens with zero attached hydrogens (tertiary/aromatic N) is 3. The normalized spacial score (nSPS) is 10.9. The van der Waals surface area contributed by atoms with E-state index in [0.29, 0.717) is 48.5 Å². The molecule has 0 saturated carbocycles. The fraction of sp³-hybridized carbons (Fsp3) is 0.238. The van der Waals surface area contributed by atoms with E-state index in [4.69, 9.17) is 4.74 Å². The molecule has 0 radical (unpaired) electrons. The molecule has 0 aliphatic heterocycles. The van der Waals surface area contributed by atoms with Crippen LogP contribution in [0.2, 0.25) is 0 Å². The molecule has 33 heavy (non-hydrogen) atoms. The zero-order chi connectivity index (χ0) is 23.7. The second kappa shape index (κ2) is 11.0. The Labute approximate surface area is 187 Å². The maximum Gasteiger partial charge on any atom is 0.573 e. The van der Waals surface area contributed by atoms with Gasteiger partial charge in [-0.3, -0.25) is 4.79 Å². The lowest BCUT2D eigenvalue weighted by Gasteiger charge is -2.10. The maximum absolute atomic E-state index is 12.2. The van der Waals surface area contributed by atoms with Crippen molar-refractivity contribution < 1.29 is 27.4 Å². The fourth-order valence-corrected chi connectivity index (χ4v) is 2.65. The number of hydrogen-bond acceptors (Lipinski definition) is 8. The molecule has 0 bridgehead atoms. The Kier molecular flexibility index (Phi) is 7.84. The fourth-order valence-electron chi connectivity index (χ4n) is 2.65. The SMILES string of the molecule is CNC(=O)c1cccc(Nc2ncnc(NCCCOc3ccc(OC(F)(F)F)cc3)n2)c1. The number of ether oxygens (including phenoxy) is 2. The number of rotatable bonds is 10. The Morgan fingerprint density at radius 2 is 1.76 bits per heavy atom. The molecule has 0 saturated heterocycles. The summed E-state index contributed by atoms with van der Waals surface area (Å²) in [5.74, 6) is 0.568. The summed E-state index contributed by atoms with van der Waals surface area (Å²) < 4.78 is 45.8. The van der Waals surface area contributed by atoms with Crippen molar-refractivity contribution in [3.05, 3.63) is 60.4 Å². The smallest absolute Gasteiger partial charge is 0.494 e.